The van der Waals surface area contributed by atoms with E-state index in [0.29, 0.717) is 30.1 Å². The highest BCUT2D eigenvalue weighted by Gasteiger charge is 2.25. The van der Waals surface area contributed by atoms with Crippen molar-refractivity contribution in [2.75, 3.05) is 37.5 Å². The highest BCUT2D eigenvalue weighted by molar-refractivity contribution is 5.98. The van der Waals surface area contributed by atoms with Gasteiger partial charge in [0.2, 0.25) is 5.91 Å². The molecule has 3 N–H and O–H groups in total. The summed E-state index contributed by atoms with van der Waals surface area (Å²) in [6.07, 6.45) is 0.686. The van der Waals surface area contributed by atoms with Crippen LogP contribution in [0.4, 0.5) is 11.4 Å². The Morgan fingerprint density at radius 3 is 2.70 bits per heavy atom. The number of halogens is 1. The van der Waals surface area contributed by atoms with Gasteiger partial charge in [0.15, 0.2) is 0 Å². The van der Waals surface area contributed by atoms with Crippen LogP contribution >= 0.6 is 12.4 Å². The molecule has 8 heteroatoms. The highest BCUT2D eigenvalue weighted by Crippen LogP contribution is 2.33. The van der Waals surface area contributed by atoms with Crippen molar-refractivity contribution in [3.05, 3.63) is 18.2 Å². The topological polar surface area (TPSA) is 93.9 Å². The van der Waals surface area contributed by atoms with Crippen LogP contribution in [0.25, 0.3) is 0 Å². The number of nitrogens with zero attached hydrogens (tertiary/aromatic N) is 1. The van der Waals surface area contributed by atoms with Gasteiger partial charge in [-0.15, -0.1) is 12.4 Å². The standard InChI is InChI=1S/C15H21N3O4.ClH/c1-21-12-8-10(17-15(20)13(9-16)22-2)5-6-11(12)18-7-3-4-14(18)19;/h5-6,8,13H,3-4,7,9,16H2,1-2H3,(H,17,20);1H. The van der Waals surface area contributed by atoms with Crippen molar-refractivity contribution < 1.29 is 19.1 Å². The second-order valence-electron chi connectivity index (χ2n) is 4.98. The van der Waals surface area contributed by atoms with Gasteiger partial charge in [0.25, 0.3) is 5.91 Å². The Morgan fingerprint density at radius 1 is 1.43 bits per heavy atom. The lowest BCUT2D eigenvalue weighted by atomic mass is 10.2. The van der Waals surface area contributed by atoms with E-state index in [-0.39, 0.29) is 30.8 Å². The summed E-state index contributed by atoms with van der Waals surface area (Å²) in [5.41, 5.74) is 6.74. The Bertz CT molecular complexity index is 564. The number of carbonyl (C=O) groups excluding carboxylic acids is 2. The Hall–Kier alpha value is -1.83. The largest absolute Gasteiger partial charge is 0.494 e. The van der Waals surface area contributed by atoms with E-state index in [1.807, 2.05) is 0 Å². The van der Waals surface area contributed by atoms with Crippen LogP contribution in [-0.2, 0) is 14.3 Å². The van der Waals surface area contributed by atoms with E-state index in [2.05, 4.69) is 5.32 Å². The molecule has 0 saturated carbocycles. The Labute approximate surface area is 141 Å². The minimum Gasteiger partial charge on any atom is -0.494 e. The van der Waals surface area contributed by atoms with E-state index in [1.54, 1.807) is 23.1 Å². The molecule has 128 valence electrons. The fraction of sp³-hybridized carbons (Fsp3) is 0.467. The molecule has 0 aromatic heterocycles. The molecule has 1 saturated heterocycles. The molecule has 1 fully saturated rings. The summed E-state index contributed by atoms with van der Waals surface area (Å²) in [6, 6.07) is 5.18. The van der Waals surface area contributed by atoms with Crippen molar-refractivity contribution in [1.29, 1.82) is 0 Å². The first-order valence-electron chi connectivity index (χ1n) is 7.12. The van der Waals surface area contributed by atoms with Crippen molar-refractivity contribution in [2.24, 2.45) is 5.73 Å². The van der Waals surface area contributed by atoms with Crippen LogP contribution < -0.4 is 20.7 Å². The van der Waals surface area contributed by atoms with Gasteiger partial charge >= 0.3 is 0 Å². The third-order valence-corrected chi connectivity index (χ3v) is 3.60. The first-order chi connectivity index (χ1) is 10.6. The smallest absolute Gasteiger partial charge is 0.254 e. The SMILES string of the molecule is COc1cc(NC(=O)C(CN)OC)ccc1N1CCCC1=O.Cl. The summed E-state index contributed by atoms with van der Waals surface area (Å²) in [6.45, 7) is 0.777. The number of nitrogens with one attached hydrogen (secondary N) is 1. The molecule has 0 spiro atoms. The average Bonchev–Trinajstić information content (AvgIpc) is 2.94. The van der Waals surface area contributed by atoms with E-state index in [1.165, 1.54) is 14.2 Å². The highest BCUT2D eigenvalue weighted by atomic mass is 35.5. The van der Waals surface area contributed by atoms with Crippen molar-refractivity contribution in [3.8, 4) is 5.75 Å². The third kappa shape index (κ3) is 4.34. The van der Waals surface area contributed by atoms with Gasteiger partial charge in [-0.25, -0.2) is 0 Å². The molecular formula is C15H22ClN3O4. The van der Waals surface area contributed by atoms with Crippen molar-refractivity contribution in [1.82, 2.24) is 0 Å². The predicted octanol–water partition coefficient (Wildman–Crippen LogP) is 1.16. The number of carbonyl (C=O) groups is 2. The van der Waals surface area contributed by atoms with Gasteiger partial charge in [0, 0.05) is 38.4 Å². The molecule has 1 heterocycles. The molecule has 1 aromatic carbocycles. The van der Waals surface area contributed by atoms with E-state index < -0.39 is 6.10 Å². The van der Waals surface area contributed by atoms with Crippen molar-refractivity contribution in [2.45, 2.75) is 18.9 Å². The lowest BCUT2D eigenvalue weighted by Gasteiger charge is -2.20. The maximum atomic E-state index is 11.9. The van der Waals surface area contributed by atoms with Crippen LogP contribution in [0.3, 0.4) is 0 Å². The van der Waals surface area contributed by atoms with Crippen LogP contribution in [-0.4, -0.2) is 45.2 Å². The number of nitrogens with two attached hydrogens (primary N) is 1. The maximum Gasteiger partial charge on any atom is 0.254 e. The second-order valence-corrected chi connectivity index (χ2v) is 4.98. The number of hydrogen-bond acceptors (Lipinski definition) is 5. The molecule has 23 heavy (non-hydrogen) atoms. The lowest BCUT2D eigenvalue weighted by Crippen LogP contribution is -2.35. The molecule has 1 aliphatic heterocycles. The van der Waals surface area contributed by atoms with Crippen LogP contribution in [0.5, 0.6) is 5.75 Å². The van der Waals surface area contributed by atoms with Gasteiger partial charge in [0.1, 0.15) is 11.9 Å². The Morgan fingerprint density at radius 2 is 2.17 bits per heavy atom. The van der Waals surface area contributed by atoms with Gasteiger partial charge in [-0.1, -0.05) is 0 Å². The maximum absolute atomic E-state index is 11.9. The number of benzene rings is 1. The van der Waals surface area contributed by atoms with Crippen LogP contribution in [0.15, 0.2) is 18.2 Å². The van der Waals surface area contributed by atoms with Gasteiger partial charge in [0.05, 0.1) is 12.8 Å². The molecule has 1 aliphatic rings. The van der Waals surface area contributed by atoms with E-state index in [9.17, 15) is 9.59 Å². The molecule has 1 atom stereocenters. The first-order valence-corrected chi connectivity index (χ1v) is 7.12. The molecule has 1 aromatic rings. The minimum atomic E-state index is -0.703. The zero-order valence-electron chi connectivity index (χ0n) is 13.2. The number of amides is 2. The number of anilines is 2. The number of rotatable bonds is 6. The lowest BCUT2D eigenvalue weighted by molar-refractivity contribution is -0.125. The summed E-state index contributed by atoms with van der Waals surface area (Å²) < 4.78 is 10.3. The van der Waals surface area contributed by atoms with Crippen molar-refractivity contribution in [3.63, 3.8) is 0 Å². The van der Waals surface area contributed by atoms with Crippen LogP contribution in [0.2, 0.25) is 0 Å². The van der Waals surface area contributed by atoms with Crippen molar-refractivity contribution >= 4 is 35.6 Å². The zero-order chi connectivity index (χ0) is 16.1. The average molecular weight is 344 g/mol. The summed E-state index contributed by atoms with van der Waals surface area (Å²) in [5, 5.41) is 2.72. The summed E-state index contributed by atoms with van der Waals surface area (Å²) in [7, 11) is 2.96. The quantitative estimate of drug-likeness (QED) is 0.808. The van der Waals surface area contributed by atoms with Gasteiger partial charge in [-0.3, -0.25) is 9.59 Å². The molecule has 0 aliphatic carbocycles. The Kier molecular flexibility index (Phi) is 7.28. The number of methoxy groups -OCH3 is 2. The monoisotopic (exact) mass is 343 g/mol. The predicted molar refractivity (Wildman–Crippen MR) is 90.3 cm³/mol. The normalized spacial score (nSPS) is 15.1. The minimum absolute atomic E-state index is 0. The second kappa shape index (κ2) is 8.71. The van der Waals surface area contributed by atoms with E-state index in [4.69, 9.17) is 15.2 Å². The van der Waals surface area contributed by atoms with Gasteiger partial charge in [-0.2, -0.15) is 0 Å². The van der Waals surface area contributed by atoms with Gasteiger partial charge in [-0.05, 0) is 18.6 Å². The number of hydrogen-bond donors (Lipinski definition) is 2. The molecule has 0 bridgehead atoms. The third-order valence-electron chi connectivity index (χ3n) is 3.60. The summed E-state index contributed by atoms with van der Waals surface area (Å²) in [5.74, 6) is 0.296. The molecular weight excluding hydrogens is 322 g/mol. The van der Waals surface area contributed by atoms with Crippen LogP contribution in [0, 0.1) is 0 Å². The molecule has 1 unspecified atom stereocenters. The summed E-state index contributed by atoms with van der Waals surface area (Å²) in [4.78, 5) is 25.5. The fourth-order valence-corrected chi connectivity index (χ4v) is 2.41. The first kappa shape index (κ1) is 19.2. The Balaban J connectivity index is 0.00000264. The molecule has 2 amide bonds. The van der Waals surface area contributed by atoms with Crippen LogP contribution in [0.1, 0.15) is 12.8 Å². The molecule has 7 nitrogen and oxygen atoms in total. The van der Waals surface area contributed by atoms with Gasteiger partial charge < -0.3 is 25.4 Å². The van der Waals surface area contributed by atoms with E-state index >= 15 is 0 Å². The molecule has 2 rings (SSSR count). The fourth-order valence-electron chi connectivity index (χ4n) is 2.41. The summed E-state index contributed by atoms with van der Waals surface area (Å²) >= 11 is 0. The zero-order valence-corrected chi connectivity index (χ0v) is 14.0. The number of ether oxygens (including phenoxy) is 2. The molecule has 0 radical (unpaired) electrons. The van der Waals surface area contributed by atoms with E-state index in [0.717, 1.165) is 6.42 Å².